The SMILES string of the molecule is c1ccc2c(c1)c1ccccc1n2-c1ccc2c(c1)c1cc(-n3c4ccccc4c4ccccc43)ccc1n2-c1ccc(-c2cn3ccccc3n2)cc1. The number of pyridine rings is 1. The van der Waals surface area contributed by atoms with Gasteiger partial charge in [0, 0.05) is 67.3 Å². The molecular weight excluding hydrogens is 659 g/mol. The summed E-state index contributed by atoms with van der Waals surface area (Å²) in [6.45, 7) is 0. The van der Waals surface area contributed by atoms with E-state index in [1.807, 2.05) is 24.4 Å². The molecule has 5 aromatic heterocycles. The minimum absolute atomic E-state index is 0.942. The molecule has 0 saturated carbocycles. The molecule has 54 heavy (non-hydrogen) atoms. The summed E-state index contributed by atoms with van der Waals surface area (Å²) in [4.78, 5) is 4.88. The zero-order valence-electron chi connectivity index (χ0n) is 29.1. The van der Waals surface area contributed by atoms with Crippen LogP contribution >= 0.6 is 0 Å². The molecule has 0 aliphatic carbocycles. The molecule has 0 fully saturated rings. The lowest BCUT2D eigenvalue weighted by molar-refractivity contribution is 1.16. The number of benzene rings is 7. The molecule has 5 nitrogen and oxygen atoms in total. The molecule has 0 aliphatic heterocycles. The number of nitrogens with zero attached hydrogens (tertiary/aromatic N) is 5. The summed E-state index contributed by atoms with van der Waals surface area (Å²) in [5, 5.41) is 7.45. The Hall–Kier alpha value is -7.37. The largest absolute Gasteiger partial charge is 0.309 e. The second-order valence-electron chi connectivity index (χ2n) is 14.1. The highest BCUT2D eigenvalue weighted by Gasteiger charge is 2.19. The topological polar surface area (TPSA) is 32.1 Å². The molecule has 12 aromatic rings. The average Bonchev–Trinajstić information content (AvgIpc) is 3.99. The van der Waals surface area contributed by atoms with Crippen LogP contribution < -0.4 is 0 Å². The Morgan fingerprint density at radius 2 is 0.741 bits per heavy atom. The average molecular weight is 690 g/mol. The van der Waals surface area contributed by atoms with E-state index in [-0.39, 0.29) is 0 Å². The van der Waals surface area contributed by atoms with Crippen molar-refractivity contribution in [2.75, 3.05) is 0 Å². The summed E-state index contributed by atoms with van der Waals surface area (Å²) in [5.74, 6) is 0. The molecule has 0 spiro atoms. The zero-order valence-corrected chi connectivity index (χ0v) is 29.1. The second kappa shape index (κ2) is 11.1. The molecule has 0 N–H and O–H groups in total. The summed E-state index contributed by atoms with van der Waals surface area (Å²) in [6, 6.07) is 63.7. The maximum absolute atomic E-state index is 4.88. The standard InChI is InChI=1S/C49H31N5/c1-5-15-43-36(11-1)37-12-2-6-16-44(37)53(43)34-24-26-47-40(29-34)41-30-35(54-45-17-7-3-13-38(45)39-14-4-8-18-46(39)54)25-27-48(41)52(47)33-22-20-32(21-23-33)42-31-51-28-10-9-19-49(51)50-42/h1-31H. The number of para-hydroxylation sites is 4. The summed E-state index contributed by atoms with van der Waals surface area (Å²) in [5.41, 5.74) is 13.5. The highest BCUT2D eigenvalue weighted by molar-refractivity contribution is 6.14. The predicted molar refractivity (Wildman–Crippen MR) is 224 cm³/mol. The summed E-state index contributed by atoms with van der Waals surface area (Å²) < 4.78 is 9.30. The fourth-order valence-corrected chi connectivity index (χ4v) is 8.81. The van der Waals surface area contributed by atoms with Crippen molar-refractivity contribution in [2.45, 2.75) is 0 Å². The zero-order chi connectivity index (χ0) is 35.3. The Morgan fingerprint density at radius 1 is 0.333 bits per heavy atom. The smallest absolute Gasteiger partial charge is 0.137 e. The van der Waals surface area contributed by atoms with E-state index in [0.717, 1.165) is 45.0 Å². The number of hydrogen-bond donors (Lipinski definition) is 0. The molecule has 12 rings (SSSR count). The van der Waals surface area contributed by atoms with Crippen molar-refractivity contribution in [2.24, 2.45) is 0 Å². The lowest BCUT2D eigenvalue weighted by Gasteiger charge is -2.11. The highest BCUT2D eigenvalue weighted by atomic mass is 15.0. The van der Waals surface area contributed by atoms with Crippen LogP contribution in [0.3, 0.4) is 0 Å². The summed E-state index contributed by atoms with van der Waals surface area (Å²) in [7, 11) is 0. The molecule has 0 unspecified atom stereocenters. The van der Waals surface area contributed by atoms with Gasteiger partial charge in [-0.3, -0.25) is 0 Å². The third-order valence-electron chi connectivity index (χ3n) is 11.2. The van der Waals surface area contributed by atoms with Crippen molar-refractivity contribution in [3.05, 3.63) is 188 Å². The van der Waals surface area contributed by atoms with E-state index in [1.165, 1.54) is 54.4 Å². The molecule has 0 saturated heterocycles. The van der Waals surface area contributed by atoms with Crippen LogP contribution in [0.4, 0.5) is 0 Å². The first kappa shape index (κ1) is 29.2. The maximum atomic E-state index is 4.88. The Labute approximate surface area is 309 Å². The van der Waals surface area contributed by atoms with Crippen molar-refractivity contribution < 1.29 is 0 Å². The van der Waals surface area contributed by atoms with Crippen LogP contribution in [0.1, 0.15) is 0 Å². The molecule has 0 bridgehead atoms. The lowest BCUT2D eigenvalue weighted by Crippen LogP contribution is -1.96. The van der Waals surface area contributed by atoms with E-state index in [1.54, 1.807) is 0 Å². The van der Waals surface area contributed by atoms with Gasteiger partial charge in [0.15, 0.2) is 0 Å². The van der Waals surface area contributed by atoms with E-state index >= 15 is 0 Å². The lowest BCUT2D eigenvalue weighted by atomic mass is 10.1. The van der Waals surface area contributed by atoms with Crippen LogP contribution in [-0.2, 0) is 0 Å². The molecule has 252 valence electrons. The maximum Gasteiger partial charge on any atom is 0.137 e. The minimum Gasteiger partial charge on any atom is -0.309 e. The van der Waals surface area contributed by atoms with Gasteiger partial charge < -0.3 is 18.1 Å². The number of rotatable bonds is 4. The van der Waals surface area contributed by atoms with Gasteiger partial charge in [-0.25, -0.2) is 4.98 Å². The Bertz CT molecular complexity index is 3130. The monoisotopic (exact) mass is 689 g/mol. The molecule has 7 aromatic carbocycles. The third kappa shape index (κ3) is 4.12. The predicted octanol–water partition coefficient (Wildman–Crippen LogP) is 12.3. The van der Waals surface area contributed by atoms with Gasteiger partial charge in [0.2, 0.25) is 0 Å². The van der Waals surface area contributed by atoms with E-state index in [0.29, 0.717) is 0 Å². The first-order valence-electron chi connectivity index (χ1n) is 18.4. The van der Waals surface area contributed by atoms with Crippen LogP contribution in [-0.4, -0.2) is 23.1 Å². The molecule has 5 heteroatoms. The molecule has 0 radical (unpaired) electrons. The minimum atomic E-state index is 0.942. The van der Waals surface area contributed by atoms with Crippen molar-refractivity contribution in [3.63, 3.8) is 0 Å². The van der Waals surface area contributed by atoms with Crippen molar-refractivity contribution >= 4 is 71.1 Å². The molecule has 0 atom stereocenters. The van der Waals surface area contributed by atoms with E-state index < -0.39 is 0 Å². The third-order valence-corrected chi connectivity index (χ3v) is 11.2. The van der Waals surface area contributed by atoms with Crippen LogP contribution in [0.2, 0.25) is 0 Å². The van der Waals surface area contributed by atoms with Gasteiger partial charge in [-0.1, -0.05) is 91.0 Å². The van der Waals surface area contributed by atoms with Gasteiger partial charge in [0.1, 0.15) is 5.65 Å². The van der Waals surface area contributed by atoms with E-state index in [4.69, 9.17) is 4.98 Å². The number of aromatic nitrogens is 5. The highest BCUT2D eigenvalue weighted by Crippen LogP contribution is 2.39. The van der Waals surface area contributed by atoms with Crippen LogP contribution in [0, 0.1) is 0 Å². The molecule has 0 aliphatic rings. The number of hydrogen-bond acceptors (Lipinski definition) is 1. The van der Waals surface area contributed by atoms with Crippen molar-refractivity contribution in [1.29, 1.82) is 0 Å². The molecule has 0 amide bonds. The number of imidazole rings is 1. The van der Waals surface area contributed by atoms with Crippen LogP contribution in [0.25, 0.3) is 99.4 Å². The van der Waals surface area contributed by atoms with Gasteiger partial charge in [0.05, 0.1) is 38.8 Å². The number of fused-ring (bicyclic) bond motifs is 10. The van der Waals surface area contributed by atoms with Gasteiger partial charge in [0.25, 0.3) is 0 Å². The van der Waals surface area contributed by atoms with Gasteiger partial charge in [-0.15, -0.1) is 0 Å². The molecular formula is C49H31N5. The van der Waals surface area contributed by atoms with Gasteiger partial charge >= 0.3 is 0 Å². The van der Waals surface area contributed by atoms with Crippen LogP contribution in [0.5, 0.6) is 0 Å². The van der Waals surface area contributed by atoms with Gasteiger partial charge in [-0.05, 0) is 84.9 Å². The van der Waals surface area contributed by atoms with E-state index in [9.17, 15) is 0 Å². The Kier molecular flexibility index (Phi) is 5.99. The van der Waals surface area contributed by atoms with Crippen LogP contribution in [0.15, 0.2) is 188 Å². The van der Waals surface area contributed by atoms with Crippen molar-refractivity contribution in [3.8, 4) is 28.3 Å². The summed E-state index contributed by atoms with van der Waals surface area (Å²) in [6.07, 6.45) is 4.14. The quantitative estimate of drug-likeness (QED) is 0.181. The Balaban J connectivity index is 1.11. The summed E-state index contributed by atoms with van der Waals surface area (Å²) >= 11 is 0. The second-order valence-corrected chi connectivity index (χ2v) is 14.1. The van der Waals surface area contributed by atoms with Crippen molar-refractivity contribution in [1.82, 2.24) is 23.1 Å². The first-order chi connectivity index (χ1) is 26.8. The Morgan fingerprint density at radius 3 is 1.22 bits per heavy atom. The fraction of sp³-hybridized carbons (Fsp3) is 0. The molecule has 5 heterocycles. The fourth-order valence-electron chi connectivity index (χ4n) is 8.81. The van der Waals surface area contributed by atoms with E-state index in [2.05, 4.69) is 182 Å². The normalized spacial score (nSPS) is 12.1. The van der Waals surface area contributed by atoms with Gasteiger partial charge in [-0.2, -0.15) is 0 Å². The first-order valence-corrected chi connectivity index (χ1v) is 18.4.